The van der Waals surface area contributed by atoms with E-state index in [1.54, 1.807) is 6.07 Å². The van der Waals surface area contributed by atoms with Crippen molar-refractivity contribution in [3.05, 3.63) is 29.2 Å². The second-order valence-corrected chi connectivity index (χ2v) is 3.19. The first-order valence-electron chi connectivity index (χ1n) is 4.68. The summed E-state index contributed by atoms with van der Waals surface area (Å²) in [7, 11) is 0. The van der Waals surface area contributed by atoms with Crippen LogP contribution in [0, 0.1) is 5.39 Å². The molecule has 0 N–H and O–H groups in total. The second-order valence-electron chi connectivity index (χ2n) is 3.19. The zero-order valence-corrected chi connectivity index (χ0v) is 13.9. The van der Waals surface area contributed by atoms with Gasteiger partial charge in [-0.1, -0.05) is 12.1 Å². The maximum Gasteiger partial charge on any atom is 0.408 e. The van der Waals surface area contributed by atoms with Gasteiger partial charge in [0.15, 0.2) is 4.98 Å². The molecular weight excluding hydrogens is 314 g/mol. The summed E-state index contributed by atoms with van der Waals surface area (Å²) in [5.74, 6) is 0. The van der Waals surface area contributed by atoms with E-state index in [9.17, 15) is 0 Å². The van der Waals surface area contributed by atoms with Crippen molar-refractivity contribution < 1.29 is 36.6 Å². The molecule has 1 aliphatic rings. The van der Waals surface area contributed by atoms with Crippen molar-refractivity contribution >= 4 is 23.8 Å². The fourth-order valence-electron chi connectivity index (χ4n) is 1.62. The molecule has 1 aromatic rings. The number of rotatable bonds is 1. The van der Waals surface area contributed by atoms with Crippen molar-refractivity contribution in [2.24, 2.45) is 0 Å². The van der Waals surface area contributed by atoms with E-state index in [1.165, 1.54) is 0 Å². The Bertz CT molecular complexity index is 367. The molecule has 0 amide bonds. The monoisotopic (exact) mass is 325 g/mol. The quantitative estimate of drug-likeness (QED) is 0.512. The van der Waals surface area contributed by atoms with E-state index in [0.717, 1.165) is 32.0 Å². The zero-order valence-electron chi connectivity index (χ0n) is 9.38. The first-order valence-corrected chi connectivity index (χ1v) is 4.68. The number of benzene rings is 1. The molecule has 1 saturated heterocycles. The molecule has 0 bridgehead atoms. The Labute approximate surface area is 126 Å². The Morgan fingerprint density at radius 1 is 1.18 bits per heavy atom. The molecule has 4 nitrogen and oxygen atoms in total. The summed E-state index contributed by atoms with van der Waals surface area (Å²) in [6.07, 6.45) is 0. The van der Waals surface area contributed by atoms with Crippen molar-refractivity contribution in [3.63, 3.8) is 0 Å². The minimum atomic E-state index is 0. The first-order chi connectivity index (χ1) is 6.92. The van der Waals surface area contributed by atoms with E-state index in [-0.39, 0.29) is 44.3 Å². The van der Waals surface area contributed by atoms with Crippen molar-refractivity contribution in [3.8, 4) is 0 Å². The third kappa shape index (κ3) is 4.77. The maximum atomic E-state index is 8.82. The average molecular weight is 328 g/mol. The minimum absolute atomic E-state index is 0. The van der Waals surface area contributed by atoms with E-state index >= 15 is 0 Å². The third-order valence-corrected chi connectivity index (χ3v) is 2.34. The van der Waals surface area contributed by atoms with E-state index in [0.29, 0.717) is 5.69 Å². The molecule has 1 heterocycles. The number of anilines is 1. The van der Waals surface area contributed by atoms with E-state index in [4.69, 9.17) is 10.1 Å². The smallest absolute Gasteiger partial charge is 0.408 e. The summed E-state index contributed by atoms with van der Waals surface area (Å²) in [5, 5.41) is 8.82. The number of hydrogen-bond acceptors (Lipinski definition) is 3. The van der Waals surface area contributed by atoms with Gasteiger partial charge in [0.2, 0.25) is 5.39 Å². The Morgan fingerprint density at radius 2 is 1.76 bits per heavy atom. The van der Waals surface area contributed by atoms with Gasteiger partial charge in [0.1, 0.15) is 5.69 Å². The van der Waals surface area contributed by atoms with Crippen molar-refractivity contribution in [2.75, 3.05) is 31.2 Å². The van der Waals surface area contributed by atoms with Crippen LogP contribution in [0.1, 0.15) is 0 Å². The van der Waals surface area contributed by atoms with Crippen LogP contribution >= 0.6 is 12.4 Å². The predicted molar refractivity (Wildman–Crippen MR) is 61.5 cm³/mol. The number of diazo groups is 1. The van der Waals surface area contributed by atoms with Crippen molar-refractivity contribution in [2.45, 2.75) is 0 Å². The molecule has 7 heteroatoms. The standard InChI is InChI=1S/C10H12N3O.2ClH.Zn/c11-12-9-3-1-2-4-10(9)13-5-7-14-8-6-13;;;/h1-4H,5-8H2;2*1H;/q+1;;;/p-1. The molecule has 2 rings (SSSR count). The SMILES string of the molecule is Cl.N#[N+]c1ccccc1N1CCOCC1.[Cl-].[Zn]. The van der Waals surface area contributed by atoms with Gasteiger partial charge in [-0.25, -0.2) is 0 Å². The Hall–Kier alpha value is -0.397. The normalized spacial score (nSPS) is 13.5. The van der Waals surface area contributed by atoms with Gasteiger partial charge in [-0.15, -0.1) is 12.4 Å². The molecule has 90 valence electrons. The van der Waals surface area contributed by atoms with Gasteiger partial charge in [-0.2, -0.15) is 0 Å². The van der Waals surface area contributed by atoms with E-state index in [1.807, 2.05) is 18.2 Å². The molecule has 0 saturated carbocycles. The zero-order chi connectivity index (χ0) is 9.80. The number of ether oxygens (including phenoxy) is 1. The Morgan fingerprint density at radius 3 is 2.35 bits per heavy atom. The Kier molecular flexibility index (Phi) is 10.7. The molecule has 0 spiro atoms. The number of para-hydroxylation sites is 1. The molecule has 17 heavy (non-hydrogen) atoms. The molecule has 1 aromatic carbocycles. The topological polar surface area (TPSA) is 40.6 Å². The first kappa shape index (κ1) is 19.0. The van der Waals surface area contributed by atoms with Crippen LogP contribution in [-0.4, -0.2) is 26.3 Å². The fourth-order valence-corrected chi connectivity index (χ4v) is 1.62. The van der Waals surface area contributed by atoms with Crippen LogP contribution in [0.25, 0.3) is 4.98 Å². The second kappa shape index (κ2) is 9.61. The summed E-state index contributed by atoms with van der Waals surface area (Å²) in [6, 6.07) is 7.56. The van der Waals surface area contributed by atoms with E-state index < -0.39 is 0 Å². The van der Waals surface area contributed by atoms with Gasteiger partial charge in [-0.3, -0.25) is 0 Å². The van der Waals surface area contributed by atoms with Crippen LogP contribution < -0.4 is 17.3 Å². The number of hydrogen-bond donors (Lipinski definition) is 0. The van der Waals surface area contributed by atoms with Crippen LogP contribution in [0.3, 0.4) is 0 Å². The molecule has 1 aliphatic heterocycles. The van der Waals surface area contributed by atoms with Crippen molar-refractivity contribution in [1.82, 2.24) is 0 Å². The minimum Gasteiger partial charge on any atom is -1.00 e. The molecule has 1 fully saturated rings. The molecule has 0 aromatic heterocycles. The predicted octanol–water partition coefficient (Wildman–Crippen LogP) is -0.569. The Balaban J connectivity index is 0. The summed E-state index contributed by atoms with van der Waals surface area (Å²) in [5.41, 5.74) is 1.59. The molecule has 0 radical (unpaired) electrons. The summed E-state index contributed by atoms with van der Waals surface area (Å²) in [4.78, 5) is 5.43. The van der Waals surface area contributed by atoms with E-state index in [2.05, 4.69) is 9.88 Å². The average Bonchev–Trinajstić information content (AvgIpc) is 2.30. The van der Waals surface area contributed by atoms with Crippen LogP contribution in [-0.2, 0) is 24.2 Å². The van der Waals surface area contributed by atoms with Gasteiger partial charge in [-0.05, 0) is 6.07 Å². The van der Waals surface area contributed by atoms with Crippen LogP contribution in [0.5, 0.6) is 0 Å². The maximum absolute atomic E-state index is 8.82. The molecular formula is C10H13Cl2N3OZn. The van der Waals surface area contributed by atoms with Gasteiger partial charge in [0.25, 0.3) is 0 Å². The van der Waals surface area contributed by atoms with Gasteiger partial charge in [0.05, 0.1) is 13.2 Å². The number of halogens is 2. The summed E-state index contributed by atoms with van der Waals surface area (Å²) < 4.78 is 5.26. The van der Waals surface area contributed by atoms with Gasteiger partial charge >= 0.3 is 5.69 Å². The molecule has 0 aliphatic carbocycles. The number of nitrogens with zero attached hydrogens (tertiary/aromatic N) is 3. The molecule has 0 atom stereocenters. The van der Waals surface area contributed by atoms with Crippen molar-refractivity contribution in [1.29, 1.82) is 5.39 Å². The van der Waals surface area contributed by atoms with Crippen LogP contribution in [0.4, 0.5) is 11.4 Å². The van der Waals surface area contributed by atoms with Crippen LogP contribution in [0.2, 0.25) is 0 Å². The number of morpholine rings is 1. The summed E-state index contributed by atoms with van der Waals surface area (Å²) in [6.45, 7) is 3.18. The largest absolute Gasteiger partial charge is 1.00 e. The fraction of sp³-hybridized carbons (Fsp3) is 0.400. The third-order valence-electron chi connectivity index (χ3n) is 2.34. The van der Waals surface area contributed by atoms with Gasteiger partial charge < -0.3 is 22.0 Å². The molecule has 0 unspecified atom stereocenters. The van der Waals surface area contributed by atoms with Crippen LogP contribution in [0.15, 0.2) is 24.3 Å². The van der Waals surface area contributed by atoms with Gasteiger partial charge in [0, 0.05) is 38.6 Å². The summed E-state index contributed by atoms with van der Waals surface area (Å²) >= 11 is 0.